The lowest BCUT2D eigenvalue weighted by atomic mass is 9.78. The molecule has 0 saturated heterocycles. The largest absolute Gasteiger partial charge is 0.494 e. The van der Waals surface area contributed by atoms with Crippen LogP contribution in [0.5, 0.6) is 5.75 Å². The third-order valence-electron chi connectivity index (χ3n) is 4.09. The van der Waals surface area contributed by atoms with Crippen molar-refractivity contribution in [1.29, 1.82) is 0 Å². The van der Waals surface area contributed by atoms with E-state index in [0.29, 0.717) is 0 Å². The predicted octanol–water partition coefficient (Wildman–Crippen LogP) is 4.77. The second kappa shape index (κ2) is 6.09. The van der Waals surface area contributed by atoms with Crippen LogP contribution in [-0.4, -0.2) is 6.61 Å². The van der Waals surface area contributed by atoms with Gasteiger partial charge in [-0.05, 0) is 62.1 Å². The molecule has 1 aromatic rings. The van der Waals surface area contributed by atoms with E-state index in [-0.39, 0.29) is 0 Å². The molecule has 0 amide bonds. The van der Waals surface area contributed by atoms with E-state index in [4.69, 9.17) is 4.74 Å². The minimum Gasteiger partial charge on any atom is -0.494 e. The van der Waals surface area contributed by atoms with Gasteiger partial charge in [0.15, 0.2) is 0 Å². The van der Waals surface area contributed by atoms with Crippen LogP contribution in [0.4, 0.5) is 0 Å². The lowest BCUT2D eigenvalue weighted by Crippen LogP contribution is -2.12. The smallest absolute Gasteiger partial charge is 0.119 e. The molecular weight excluding hydrogens is 208 g/mol. The first-order valence-corrected chi connectivity index (χ1v) is 7.06. The highest BCUT2D eigenvalue weighted by molar-refractivity contribution is 5.29. The molecule has 0 bridgehead atoms. The van der Waals surface area contributed by atoms with Crippen molar-refractivity contribution < 1.29 is 4.74 Å². The summed E-state index contributed by atoms with van der Waals surface area (Å²) in [6.07, 6.45) is 6.91. The molecule has 0 atom stereocenters. The summed E-state index contributed by atoms with van der Waals surface area (Å²) >= 11 is 0. The highest BCUT2D eigenvalue weighted by Crippen LogP contribution is 2.37. The van der Waals surface area contributed by atoms with Crippen LogP contribution in [0.2, 0.25) is 0 Å². The third kappa shape index (κ3) is 3.24. The van der Waals surface area contributed by atoms with Gasteiger partial charge in [-0.1, -0.05) is 25.5 Å². The summed E-state index contributed by atoms with van der Waals surface area (Å²) in [5.74, 6) is 2.76. The zero-order valence-electron chi connectivity index (χ0n) is 11.1. The predicted molar refractivity (Wildman–Crippen MR) is 72.6 cm³/mol. The maximum Gasteiger partial charge on any atom is 0.119 e. The van der Waals surface area contributed by atoms with E-state index < -0.39 is 0 Å². The number of benzene rings is 1. The van der Waals surface area contributed by atoms with Gasteiger partial charge < -0.3 is 4.74 Å². The SMILES string of the molecule is CCOc1ccc([C@H]2CC[C@H](CC)CC2)cc1. The van der Waals surface area contributed by atoms with Gasteiger partial charge in [0.2, 0.25) is 0 Å². The van der Waals surface area contributed by atoms with Crippen LogP contribution in [0.15, 0.2) is 24.3 Å². The van der Waals surface area contributed by atoms with Crippen LogP contribution in [0.1, 0.15) is 57.4 Å². The fourth-order valence-corrected chi connectivity index (χ4v) is 2.91. The van der Waals surface area contributed by atoms with Crippen molar-refractivity contribution in [2.75, 3.05) is 6.61 Å². The minimum atomic E-state index is 0.751. The van der Waals surface area contributed by atoms with Crippen molar-refractivity contribution in [2.24, 2.45) is 5.92 Å². The molecular formula is C16H24O. The van der Waals surface area contributed by atoms with Crippen LogP contribution in [0.3, 0.4) is 0 Å². The first-order valence-electron chi connectivity index (χ1n) is 7.06. The zero-order chi connectivity index (χ0) is 12.1. The summed E-state index contributed by atoms with van der Waals surface area (Å²) in [6.45, 7) is 5.10. The molecule has 1 saturated carbocycles. The molecule has 0 aromatic heterocycles. The van der Waals surface area contributed by atoms with Gasteiger partial charge >= 0.3 is 0 Å². The zero-order valence-corrected chi connectivity index (χ0v) is 11.1. The van der Waals surface area contributed by atoms with E-state index in [1.807, 2.05) is 6.92 Å². The van der Waals surface area contributed by atoms with Gasteiger partial charge in [-0.15, -0.1) is 0 Å². The molecule has 0 radical (unpaired) electrons. The van der Waals surface area contributed by atoms with Crippen LogP contribution >= 0.6 is 0 Å². The Hall–Kier alpha value is -0.980. The van der Waals surface area contributed by atoms with E-state index in [0.717, 1.165) is 24.2 Å². The topological polar surface area (TPSA) is 9.23 Å². The second-order valence-corrected chi connectivity index (χ2v) is 5.13. The fraction of sp³-hybridized carbons (Fsp3) is 0.625. The van der Waals surface area contributed by atoms with Crippen molar-refractivity contribution >= 4 is 0 Å². The van der Waals surface area contributed by atoms with Gasteiger partial charge in [-0.25, -0.2) is 0 Å². The highest BCUT2D eigenvalue weighted by Gasteiger charge is 2.20. The molecule has 0 heterocycles. The standard InChI is InChI=1S/C16H24O/c1-3-13-5-7-14(8-6-13)15-9-11-16(12-10-15)17-4-2/h9-14H,3-8H2,1-2H3/t13-,14-. The van der Waals surface area contributed by atoms with Gasteiger partial charge in [-0.2, -0.15) is 0 Å². The van der Waals surface area contributed by atoms with Crippen LogP contribution in [-0.2, 0) is 0 Å². The average molecular weight is 232 g/mol. The van der Waals surface area contributed by atoms with Crippen molar-refractivity contribution in [2.45, 2.75) is 51.9 Å². The van der Waals surface area contributed by atoms with Crippen molar-refractivity contribution in [1.82, 2.24) is 0 Å². The molecule has 1 fully saturated rings. The highest BCUT2D eigenvalue weighted by atomic mass is 16.5. The van der Waals surface area contributed by atoms with Gasteiger partial charge in [0.1, 0.15) is 5.75 Å². The Balaban J connectivity index is 1.94. The normalized spacial score (nSPS) is 24.6. The number of hydrogen-bond donors (Lipinski definition) is 0. The molecule has 0 N–H and O–H groups in total. The van der Waals surface area contributed by atoms with E-state index in [1.54, 1.807) is 0 Å². The van der Waals surface area contributed by atoms with Crippen LogP contribution in [0, 0.1) is 5.92 Å². The summed E-state index contributed by atoms with van der Waals surface area (Å²) in [5.41, 5.74) is 1.50. The molecule has 0 spiro atoms. The molecule has 0 aliphatic heterocycles. The maximum absolute atomic E-state index is 5.48. The van der Waals surface area contributed by atoms with Gasteiger partial charge in [0.05, 0.1) is 6.61 Å². The minimum absolute atomic E-state index is 0.751. The summed E-state index contributed by atoms with van der Waals surface area (Å²) in [6, 6.07) is 8.74. The number of hydrogen-bond acceptors (Lipinski definition) is 1. The number of ether oxygens (including phenoxy) is 1. The molecule has 17 heavy (non-hydrogen) atoms. The quantitative estimate of drug-likeness (QED) is 0.726. The molecule has 2 rings (SSSR count). The molecule has 1 heteroatoms. The Morgan fingerprint density at radius 3 is 2.18 bits per heavy atom. The molecule has 0 unspecified atom stereocenters. The Morgan fingerprint density at radius 2 is 1.65 bits per heavy atom. The molecule has 1 aliphatic rings. The summed E-state index contributed by atoms with van der Waals surface area (Å²) in [7, 11) is 0. The Bertz CT molecular complexity index is 320. The Kier molecular flexibility index (Phi) is 4.47. The Labute approximate surface area is 105 Å². The van der Waals surface area contributed by atoms with E-state index >= 15 is 0 Å². The van der Waals surface area contributed by atoms with Crippen molar-refractivity contribution in [3.8, 4) is 5.75 Å². The van der Waals surface area contributed by atoms with Crippen LogP contribution in [0.25, 0.3) is 0 Å². The Morgan fingerprint density at radius 1 is 1.00 bits per heavy atom. The maximum atomic E-state index is 5.48. The van der Waals surface area contributed by atoms with Gasteiger partial charge in [0.25, 0.3) is 0 Å². The second-order valence-electron chi connectivity index (χ2n) is 5.13. The molecule has 94 valence electrons. The van der Waals surface area contributed by atoms with Crippen LogP contribution < -0.4 is 4.74 Å². The number of rotatable bonds is 4. The summed E-state index contributed by atoms with van der Waals surface area (Å²) < 4.78 is 5.48. The summed E-state index contributed by atoms with van der Waals surface area (Å²) in [5, 5.41) is 0. The average Bonchev–Trinajstić information content (AvgIpc) is 2.40. The lowest BCUT2D eigenvalue weighted by Gasteiger charge is -2.28. The summed E-state index contributed by atoms with van der Waals surface area (Å²) in [4.78, 5) is 0. The van der Waals surface area contributed by atoms with E-state index in [1.165, 1.54) is 37.7 Å². The molecule has 1 aromatic carbocycles. The lowest BCUT2D eigenvalue weighted by molar-refractivity contribution is 0.318. The fourth-order valence-electron chi connectivity index (χ4n) is 2.91. The first kappa shape index (κ1) is 12.5. The van der Waals surface area contributed by atoms with Gasteiger partial charge in [-0.3, -0.25) is 0 Å². The van der Waals surface area contributed by atoms with Gasteiger partial charge in [0, 0.05) is 0 Å². The third-order valence-corrected chi connectivity index (χ3v) is 4.09. The van der Waals surface area contributed by atoms with E-state index in [2.05, 4.69) is 31.2 Å². The van der Waals surface area contributed by atoms with Crippen molar-refractivity contribution in [3.63, 3.8) is 0 Å². The monoisotopic (exact) mass is 232 g/mol. The van der Waals surface area contributed by atoms with E-state index in [9.17, 15) is 0 Å². The first-order chi connectivity index (χ1) is 8.33. The molecule has 1 nitrogen and oxygen atoms in total. The van der Waals surface area contributed by atoms with Crippen molar-refractivity contribution in [3.05, 3.63) is 29.8 Å². The molecule has 1 aliphatic carbocycles.